The van der Waals surface area contributed by atoms with E-state index in [0.29, 0.717) is 33.0 Å². The molecular weight excluding hydrogens is 384 g/mol. The Hall–Kier alpha value is -2.90. The van der Waals surface area contributed by atoms with Crippen LogP contribution in [-0.2, 0) is 10.0 Å². The number of hydrogen-bond acceptors (Lipinski definition) is 5. The van der Waals surface area contributed by atoms with Crippen molar-refractivity contribution in [1.82, 2.24) is 13.9 Å². The van der Waals surface area contributed by atoms with Crippen LogP contribution in [0.2, 0.25) is 5.02 Å². The van der Waals surface area contributed by atoms with E-state index in [1.54, 1.807) is 61.7 Å². The summed E-state index contributed by atoms with van der Waals surface area (Å²) in [4.78, 5) is 8.61. The van der Waals surface area contributed by atoms with Gasteiger partial charge in [0.05, 0.1) is 9.92 Å². The molecule has 0 saturated heterocycles. The molecule has 3 aromatic heterocycles. The molecule has 0 bridgehead atoms. The van der Waals surface area contributed by atoms with E-state index < -0.39 is 10.0 Å². The Balaban J connectivity index is 2.09. The summed E-state index contributed by atoms with van der Waals surface area (Å²) in [5.41, 5.74) is 8.03. The van der Waals surface area contributed by atoms with Crippen LogP contribution in [0.5, 0.6) is 0 Å². The Morgan fingerprint density at radius 2 is 1.85 bits per heavy atom. The lowest BCUT2D eigenvalue weighted by atomic mass is 10.1. The smallest absolute Gasteiger partial charge is 0.269 e. The minimum absolute atomic E-state index is 0.169. The van der Waals surface area contributed by atoms with Crippen molar-refractivity contribution < 1.29 is 8.42 Å². The lowest BCUT2D eigenvalue weighted by molar-refractivity contribution is 0.589. The molecule has 0 radical (unpaired) electrons. The van der Waals surface area contributed by atoms with Crippen LogP contribution < -0.4 is 5.73 Å². The second-order valence-corrected chi connectivity index (χ2v) is 8.29. The van der Waals surface area contributed by atoms with Crippen molar-refractivity contribution in [2.45, 2.75) is 11.8 Å². The number of fused-ring (bicyclic) bond motifs is 1. The predicted octanol–water partition coefficient (Wildman–Crippen LogP) is 3.88. The van der Waals surface area contributed by atoms with Crippen LogP contribution >= 0.6 is 11.6 Å². The fourth-order valence-electron chi connectivity index (χ4n) is 2.99. The zero-order chi connectivity index (χ0) is 19.2. The molecule has 8 heteroatoms. The third-order valence-corrected chi connectivity index (χ3v) is 6.16. The molecule has 0 aliphatic heterocycles. The van der Waals surface area contributed by atoms with Crippen molar-refractivity contribution in [2.24, 2.45) is 0 Å². The van der Waals surface area contributed by atoms with E-state index in [-0.39, 0.29) is 10.5 Å². The van der Waals surface area contributed by atoms with Crippen molar-refractivity contribution in [2.75, 3.05) is 5.73 Å². The van der Waals surface area contributed by atoms with Crippen LogP contribution in [0.25, 0.3) is 22.2 Å². The maximum Gasteiger partial charge on any atom is 0.269 e. The highest BCUT2D eigenvalue weighted by Crippen LogP contribution is 2.37. The van der Waals surface area contributed by atoms with Crippen LogP contribution in [-0.4, -0.2) is 22.4 Å². The second kappa shape index (κ2) is 6.37. The summed E-state index contributed by atoms with van der Waals surface area (Å²) in [6.45, 7) is 1.77. The minimum Gasteiger partial charge on any atom is -0.384 e. The molecule has 0 spiro atoms. The number of aryl methyl sites for hydroxylation is 1. The summed E-state index contributed by atoms with van der Waals surface area (Å²) in [7, 11) is -3.85. The number of halogens is 1. The fraction of sp³-hybridized carbons (Fsp3) is 0.0526. The van der Waals surface area contributed by atoms with Gasteiger partial charge in [0.1, 0.15) is 5.82 Å². The first-order valence-electron chi connectivity index (χ1n) is 8.08. The first kappa shape index (κ1) is 17.5. The number of nitrogens with zero attached hydrogens (tertiary/aromatic N) is 3. The van der Waals surface area contributed by atoms with Crippen LogP contribution in [0.1, 0.15) is 5.69 Å². The molecule has 0 unspecified atom stereocenters. The molecular formula is C19H15ClN4O2S. The van der Waals surface area contributed by atoms with E-state index in [2.05, 4.69) is 9.97 Å². The standard InChI is InChI=1S/C19H15ClN4O2S/c1-12-9-16(20)18-15(13-7-8-22-17(21)10-13)11-24(19(18)23-12)27(25,26)14-5-3-2-4-6-14/h2-11H,1H3,(H2,21,22). The Kier molecular flexibility index (Phi) is 4.13. The number of benzene rings is 1. The van der Waals surface area contributed by atoms with Gasteiger partial charge in [0.25, 0.3) is 10.0 Å². The topological polar surface area (TPSA) is 90.9 Å². The molecule has 27 heavy (non-hydrogen) atoms. The van der Waals surface area contributed by atoms with Crippen molar-refractivity contribution >= 4 is 38.5 Å². The summed E-state index contributed by atoms with van der Waals surface area (Å²) < 4.78 is 27.6. The van der Waals surface area contributed by atoms with E-state index >= 15 is 0 Å². The molecule has 0 aliphatic carbocycles. The number of nitrogen functional groups attached to an aromatic ring is 1. The van der Waals surface area contributed by atoms with Crippen molar-refractivity contribution in [3.63, 3.8) is 0 Å². The highest BCUT2D eigenvalue weighted by molar-refractivity contribution is 7.90. The van der Waals surface area contributed by atoms with Gasteiger partial charge in [-0.1, -0.05) is 29.8 Å². The van der Waals surface area contributed by atoms with Gasteiger partial charge < -0.3 is 5.73 Å². The lowest BCUT2D eigenvalue weighted by Gasteiger charge is -2.07. The SMILES string of the molecule is Cc1cc(Cl)c2c(-c3ccnc(N)c3)cn(S(=O)(=O)c3ccccc3)c2n1. The molecule has 2 N–H and O–H groups in total. The normalized spacial score (nSPS) is 11.8. The molecule has 6 nitrogen and oxygen atoms in total. The van der Waals surface area contributed by atoms with E-state index in [4.69, 9.17) is 17.3 Å². The lowest BCUT2D eigenvalue weighted by Crippen LogP contribution is -2.12. The number of nitrogens with two attached hydrogens (primary N) is 1. The first-order chi connectivity index (χ1) is 12.9. The van der Waals surface area contributed by atoms with E-state index in [0.717, 1.165) is 0 Å². The van der Waals surface area contributed by atoms with Crippen molar-refractivity contribution in [3.8, 4) is 11.1 Å². The van der Waals surface area contributed by atoms with Crippen LogP contribution in [0.15, 0.2) is 65.8 Å². The van der Waals surface area contributed by atoms with Gasteiger partial charge in [-0.2, -0.15) is 0 Å². The quantitative estimate of drug-likeness (QED) is 0.565. The van der Waals surface area contributed by atoms with E-state index in [9.17, 15) is 8.42 Å². The van der Waals surface area contributed by atoms with Crippen molar-refractivity contribution in [3.05, 3.63) is 71.6 Å². The number of pyridine rings is 2. The Labute approximate surface area is 161 Å². The third-order valence-electron chi connectivity index (χ3n) is 4.20. The Morgan fingerprint density at radius 3 is 2.56 bits per heavy atom. The molecule has 136 valence electrons. The molecule has 1 aromatic carbocycles. The van der Waals surface area contributed by atoms with Gasteiger partial charge in [-0.15, -0.1) is 0 Å². The number of rotatable bonds is 3. The molecule has 3 heterocycles. The zero-order valence-electron chi connectivity index (χ0n) is 14.3. The highest BCUT2D eigenvalue weighted by Gasteiger charge is 2.24. The Bertz CT molecular complexity index is 1270. The molecule has 4 aromatic rings. The number of anilines is 1. The number of aromatic nitrogens is 3. The molecule has 0 amide bonds. The van der Waals surface area contributed by atoms with Gasteiger partial charge in [0, 0.05) is 29.0 Å². The van der Waals surface area contributed by atoms with Crippen LogP contribution in [0, 0.1) is 6.92 Å². The van der Waals surface area contributed by atoms with Gasteiger partial charge in [-0.05, 0) is 42.8 Å². The monoisotopic (exact) mass is 398 g/mol. The molecule has 0 atom stereocenters. The fourth-order valence-corrected chi connectivity index (χ4v) is 4.67. The van der Waals surface area contributed by atoms with Gasteiger partial charge in [0.2, 0.25) is 0 Å². The largest absolute Gasteiger partial charge is 0.384 e. The van der Waals surface area contributed by atoms with Gasteiger partial charge in [-0.25, -0.2) is 22.4 Å². The minimum atomic E-state index is -3.85. The maximum absolute atomic E-state index is 13.2. The van der Waals surface area contributed by atoms with Crippen molar-refractivity contribution in [1.29, 1.82) is 0 Å². The molecule has 0 aliphatic rings. The van der Waals surface area contributed by atoms with Gasteiger partial charge >= 0.3 is 0 Å². The van der Waals surface area contributed by atoms with Crippen LogP contribution in [0.4, 0.5) is 5.82 Å². The van der Waals surface area contributed by atoms with Gasteiger partial charge in [0.15, 0.2) is 5.65 Å². The second-order valence-electron chi connectivity index (χ2n) is 6.07. The summed E-state index contributed by atoms with van der Waals surface area (Å²) in [6, 6.07) is 13.3. The molecule has 0 saturated carbocycles. The summed E-state index contributed by atoms with van der Waals surface area (Å²) in [5, 5.41) is 0.970. The average Bonchev–Trinajstić information content (AvgIpc) is 3.03. The van der Waals surface area contributed by atoms with Crippen LogP contribution in [0.3, 0.4) is 0 Å². The summed E-state index contributed by atoms with van der Waals surface area (Å²) >= 11 is 6.47. The maximum atomic E-state index is 13.2. The summed E-state index contributed by atoms with van der Waals surface area (Å²) in [6.07, 6.45) is 3.09. The predicted molar refractivity (Wildman–Crippen MR) is 106 cm³/mol. The zero-order valence-corrected chi connectivity index (χ0v) is 15.9. The first-order valence-corrected chi connectivity index (χ1v) is 9.90. The Morgan fingerprint density at radius 1 is 1.11 bits per heavy atom. The highest BCUT2D eigenvalue weighted by atomic mass is 35.5. The van der Waals surface area contributed by atoms with E-state index in [1.807, 2.05) is 0 Å². The summed E-state index contributed by atoms with van der Waals surface area (Å²) in [5.74, 6) is 0.329. The average molecular weight is 399 g/mol. The molecule has 0 fully saturated rings. The third kappa shape index (κ3) is 2.94. The van der Waals surface area contributed by atoms with E-state index in [1.165, 1.54) is 10.2 Å². The molecule has 4 rings (SSSR count). The van der Waals surface area contributed by atoms with Gasteiger partial charge in [-0.3, -0.25) is 0 Å². The number of hydrogen-bond donors (Lipinski definition) is 1.